The first-order chi connectivity index (χ1) is 15.2. The van der Waals surface area contributed by atoms with E-state index < -0.39 is 17.3 Å². The predicted molar refractivity (Wildman–Crippen MR) is 118 cm³/mol. The molecule has 0 radical (unpaired) electrons. The second kappa shape index (κ2) is 8.40. The van der Waals surface area contributed by atoms with Crippen LogP contribution in [0.3, 0.4) is 0 Å². The van der Waals surface area contributed by atoms with E-state index >= 15 is 0 Å². The maximum Gasteiger partial charge on any atom is 0.257 e. The third-order valence-corrected chi connectivity index (χ3v) is 6.30. The van der Waals surface area contributed by atoms with Gasteiger partial charge in [0.25, 0.3) is 5.91 Å². The number of rotatable bonds is 5. The largest absolute Gasteiger partial charge is 0.379 e. The molecule has 164 valence electrons. The van der Waals surface area contributed by atoms with Crippen molar-refractivity contribution in [3.63, 3.8) is 0 Å². The molecule has 3 fully saturated rings. The Labute approximate surface area is 190 Å². The van der Waals surface area contributed by atoms with Crippen molar-refractivity contribution in [2.24, 2.45) is 0 Å². The number of amides is 1. The van der Waals surface area contributed by atoms with E-state index in [4.69, 9.17) is 22.1 Å². The highest BCUT2D eigenvalue weighted by Crippen LogP contribution is 2.38. The zero-order chi connectivity index (χ0) is 23.0. The van der Waals surface area contributed by atoms with Crippen molar-refractivity contribution in [3.05, 3.63) is 58.4 Å². The van der Waals surface area contributed by atoms with Gasteiger partial charge >= 0.3 is 0 Å². The van der Waals surface area contributed by atoms with Crippen molar-refractivity contribution in [1.82, 2.24) is 4.90 Å². The lowest BCUT2D eigenvalue weighted by atomic mass is 9.85. The van der Waals surface area contributed by atoms with Crippen LogP contribution in [-0.4, -0.2) is 53.2 Å². The fraction of sp³-hybridized carbons (Fsp3) is 0.348. The lowest BCUT2D eigenvalue weighted by Gasteiger charge is -2.58. The Morgan fingerprint density at radius 2 is 1.97 bits per heavy atom. The molecule has 2 aromatic rings. The second-order valence-corrected chi connectivity index (χ2v) is 8.86. The standard InChI is InChI=1S/C23H21ClFN5O2/c1-23(32,22(31)28-16-4-3-15(10-27)19(24)7-16)13-29-11-17-8-18(12-29)30(17)21-5-2-14(9-26)6-20(21)25/h2-7,17-18,32H,8,11-13H2,1H3,(H,28,31). The van der Waals surface area contributed by atoms with Gasteiger partial charge in [0.2, 0.25) is 0 Å². The van der Waals surface area contributed by atoms with Crippen LogP contribution >= 0.6 is 11.6 Å². The Kier molecular flexibility index (Phi) is 5.79. The Balaban J connectivity index is 1.38. The second-order valence-electron chi connectivity index (χ2n) is 8.46. The number of hydrogen-bond donors (Lipinski definition) is 2. The van der Waals surface area contributed by atoms with Crippen LogP contribution in [0, 0.1) is 28.5 Å². The normalized spacial score (nSPS) is 21.6. The van der Waals surface area contributed by atoms with Gasteiger partial charge in [-0.25, -0.2) is 4.39 Å². The summed E-state index contributed by atoms with van der Waals surface area (Å²) in [4.78, 5) is 16.7. The molecular formula is C23H21ClFN5O2. The molecule has 1 amide bonds. The Bertz CT molecular complexity index is 1140. The third-order valence-electron chi connectivity index (χ3n) is 5.99. The number of halogens is 2. The lowest BCUT2D eigenvalue weighted by Crippen LogP contribution is -2.70. The molecule has 9 heteroatoms. The van der Waals surface area contributed by atoms with E-state index in [-0.39, 0.29) is 29.2 Å². The number of carbonyl (C=O) groups excluding carboxylic acids is 1. The van der Waals surface area contributed by atoms with E-state index in [1.807, 2.05) is 21.9 Å². The van der Waals surface area contributed by atoms with Crippen LogP contribution in [0.4, 0.5) is 15.8 Å². The molecule has 32 heavy (non-hydrogen) atoms. The minimum atomic E-state index is -1.66. The zero-order valence-electron chi connectivity index (χ0n) is 17.3. The van der Waals surface area contributed by atoms with Crippen LogP contribution < -0.4 is 10.2 Å². The monoisotopic (exact) mass is 453 g/mol. The smallest absolute Gasteiger partial charge is 0.257 e. The van der Waals surface area contributed by atoms with Gasteiger partial charge in [0.15, 0.2) is 5.60 Å². The number of aliphatic hydroxyl groups is 1. The molecule has 2 N–H and O–H groups in total. The summed E-state index contributed by atoms with van der Waals surface area (Å²) >= 11 is 6.00. The maximum absolute atomic E-state index is 14.4. The molecule has 3 heterocycles. The molecule has 7 nitrogen and oxygen atoms in total. The first-order valence-corrected chi connectivity index (χ1v) is 10.5. The lowest BCUT2D eigenvalue weighted by molar-refractivity contribution is -0.135. The summed E-state index contributed by atoms with van der Waals surface area (Å²) in [5.41, 5.74) is -0.207. The SMILES string of the molecule is CC(O)(CN1CC2CC(C1)N2c1ccc(C#N)cc1F)C(=O)Nc1ccc(C#N)c(Cl)c1. The first kappa shape index (κ1) is 22.0. The van der Waals surface area contributed by atoms with Gasteiger partial charge < -0.3 is 15.3 Å². The van der Waals surface area contributed by atoms with Crippen LogP contribution in [0.5, 0.6) is 0 Å². The molecule has 3 aliphatic heterocycles. The maximum atomic E-state index is 14.4. The van der Waals surface area contributed by atoms with E-state index in [2.05, 4.69) is 5.32 Å². The minimum absolute atomic E-state index is 0.0763. The van der Waals surface area contributed by atoms with Gasteiger partial charge in [-0.3, -0.25) is 9.69 Å². The average Bonchev–Trinajstić information content (AvgIpc) is 2.74. The Morgan fingerprint density at radius 1 is 1.25 bits per heavy atom. The van der Waals surface area contributed by atoms with Crippen molar-refractivity contribution < 1.29 is 14.3 Å². The average molecular weight is 454 g/mol. The molecule has 0 saturated carbocycles. The van der Waals surface area contributed by atoms with Gasteiger partial charge in [0, 0.05) is 37.4 Å². The first-order valence-electron chi connectivity index (χ1n) is 10.2. The fourth-order valence-corrected chi connectivity index (χ4v) is 4.68. The third kappa shape index (κ3) is 4.13. The number of nitrogens with one attached hydrogen (secondary N) is 1. The Hall–Kier alpha value is -3.17. The van der Waals surface area contributed by atoms with Crippen LogP contribution in [0.1, 0.15) is 24.5 Å². The number of fused-ring (bicyclic) bond motifs is 2. The number of piperidine rings is 1. The van der Waals surface area contributed by atoms with Crippen LogP contribution in [0.25, 0.3) is 0 Å². The molecule has 5 rings (SSSR count). The summed E-state index contributed by atoms with van der Waals surface area (Å²) in [5.74, 6) is -0.993. The van der Waals surface area contributed by atoms with Crippen molar-refractivity contribution >= 4 is 28.9 Å². The quantitative estimate of drug-likeness (QED) is 0.721. The number of nitrogens with zero attached hydrogens (tertiary/aromatic N) is 4. The molecule has 2 bridgehead atoms. The Morgan fingerprint density at radius 3 is 2.56 bits per heavy atom. The number of benzene rings is 2. The van der Waals surface area contributed by atoms with Crippen molar-refractivity contribution in [2.45, 2.75) is 31.0 Å². The van der Waals surface area contributed by atoms with E-state index in [0.29, 0.717) is 30.0 Å². The van der Waals surface area contributed by atoms with Gasteiger partial charge in [-0.1, -0.05) is 11.6 Å². The highest BCUT2D eigenvalue weighted by Gasteiger charge is 2.47. The summed E-state index contributed by atoms with van der Waals surface area (Å²) < 4.78 is 14.4. The van der Waals surface area contributed by atoms with Crippen LogP contribution in [-0.2, 0) is 4.79 Å². The molecule has 0 aliphatic carbocycles. The molecule has 3 unspecified atom stereocenters. The summed E-state index contributed by atoms with van der Waals surface area (Å²) in [6.07, 6.45) is 0.911. The van der Waals surface area contributed by atoms with Crippen LogP contribution in [0.2, 0.25) is 5.02 Å². The van der Waals surface area contributed by atoms with Gasteiger partial charge in [-0.2, -0.15) is 10.5 Å². The molecule has 0 spiro atoms. The summed E-state index contributed by atoms with van der Waals surface area (Å²) in [7, 11) is 0. The van der Waals surface area contributed by atoms with Gasteiger partial charge in [0.05, 0.1) is 27.9 Å². The summed E-state index contributed by atoms with van der Waals surface area (Å²) in [5, 5.41) is 31.6. The van der Waals surface area contributed by atoms with Crippen LogP contribution in [0.15, 0.2) is 36.4 Å². The van der Waals surface area contributed by atoms with Crippen molar-refractivity contribution in [2.75, 3.05) is 29.9 Å². The van der Waals surface area contributed by atoms with E-state index in [1.165, 1.54) is 25.1 Å². The van der Waals surface area contributed by atoms with Gasteiger partial charge in [-0.15, -0.1) is 0 Å². The zero-order valence-corrected chi connectivity index (χ0v) is 18.1. The topological polar surface area (TPSA) is 103 Å². The van der Waals surface area contributed by atoms with E-state index in [1.54, 1.807) is 18.2 Å². The highest BCUT2D eigenvalue weighted by atomic mass is 35.5. The fourth-order valence-electron chi connectivity index (χ4n) is 4.46. The highest BCUT2D eigenvalue weighted by molar-refractivity contribution is 6.32. The number of nitriles is 2. The predicted octanol–water partition coefficient (Wildman–Crippen LogP) is 2.88. The summed E-state index contributed by atoms with van der Waals surface area (Å²) in [6, 6.07) is 13.0. The van der Waals surface area contributed by atoms with Crippen molar-refractivity contribution in [3.8, 4) is 12.1 Å². The molecule has 2 aromatic carbocycles. The molecule has 3 aliphatic rings. The molecule has 0 aromatic heterocycles. The van der Waals surface area contributed by atoms with E-state index in [0.717, 1.165) is 6.42 Å². The molecule has 3 atom stereocenters. The van der Waals surface area contributed by atoms with Gasteiger partial charge in [-0.05, 0) is 49.7 Å². The minimum Gasteiger partial charge on any atom is -0.379 e. The van der Waals surface area contributed by atoms with Crippen molar-refractivity contribution in [1.29, 1.82) is 10.5 Å². The number of piperazine rings is 1. The molecular weight excluding hydrogens is 433 g/mol. The number of hydrogen-bond acceptors (Lipinski definition) is 6. The van der Waals surface area contributed by atoms with E-state index in [9.17, 15) is 14.3 Å². The summed E-state index contributed by atoms with van der Waals surface area (Å²) in [6.45, 7) is 2.75. The number of anilines is 2. The number of carbonyl (C=O) groups is 1. The van der Waals surface area contributed by atoms with Gasteiger partial charge in [0.1, 0.15) is 11.9 Å². The molecule has 3 saturated heterocycles.